The fourth-order valence-electron chi connectivity index (χ4n) is 2.66. The van der Waals surface area contributed by atoms with Crippen LogP contribution in [-0.2, 0) is 4.79 Å². The summed E-state index contributed by atoms with van der Waals surface area (Å²) in [5, 5.41) is 7.12. The Morgan fingerprint density at radius 1 is 1.38 bits per heavy atom. The second-order valence-electron chi connectivity index (χ2n) is 5.39. The van der Waals surface area contributed by atoms with Crippen molar-refractivity contribution in [3.63, 3.8) is 0 Å². The summed E-state index contributed by atoms with van der Waals surface area (Å²) in [4.78, 5) is 17.9. The van der Waals surface area contributed by atoms with Gasteiger partial charge in [0.1, 0.15) is 5.82 Å². The Hall–Kier alpha value is -2.37. The SMILES string of the molecule is CC(=O)Nc1ccn([C@H]2CCN(c3cccc(C)n3)C2)n1. The molecule has 2 aromatic heterocycles. The molecule has 0 saturated carbocycles. The normalized spacial score (nSPS) is 18.0. The highest BCUT2D eigenvalue weighted by Crippen LogP contribution is 2.25. The summed E-state index contributed by atoms with van der Waals surface area (Å²) in [6.07, 6.45) is 2.94. The molecule has 3 rings (SSSR count). The van der Waals surface area contributed by atoms with Crippen LogP contribution in [0.4, 0.5) is 11.6 Å². The molecule has 1 aliphatic rings. The monoisotopic (exact) mass is 285 g/mol. The second-order valence-corrected chi connectivity index (χ2v) is 5.39. The van der Waals surface area contributed by atoms with Gasteiger partial charge in [-0.1, -0.05) is 6.07 Å². The first-order chi connectivity index (χ1) is 10.1. The van der Waals surface area contributed by atoms with Crippen molar-refractivity contribution in [2.45, 2.75) is 26.3 Å². The molecule has 1 fully saturated rings. The minimum absolute atomic E-state index is 0.0998. The summed E-state index contributed by atoms with van der Waals surface area (Å²) in [6, 6.07) is 8.23. The third kappa shape index (κ3) is 3.04. The summed E-state index contributed by atoms with van der Waals surface area (Å²) in [7, 11) is 0. The molecule has 0 unspecified atom stereocenters. The average molecular weight is 285 g/mol. The van der Waals surface area contributed by atoms with Gasteiger partial charge < -0.3 is 10.2 Å². The number of hydrogen-bond donors (Lipinski definition) is 1. The highest BCUT2D eigenvalue weighted by atomic mass is 16.1. The van der Waals surface area contributed by atoms with Gasteiger partial charge in [-0.15, -0.1) is 0 Å². The topological polar surface area (TPSA) is 63.1 Å². The quantitative estimate of drug-likeness (QED) is 0.937. The predicted molar refractivity (Wildman–Crippen MR) is 81.4 cm³/mol. The molecule has 2 aromatic rings. The number of rotatable bonds is 3. The van der Waals surface area contributed by atoms with Crippen molar-refractivity contribution in [1.29, 1.82) is 0 Å². The number of nitrogens with zero attached hydrogens (tertiary/aromatic N) is 4. The molecule has 1 atom stereocenters. The van der Waals surface area contributed by atoms with Crippen LogP contribution >= 0.6 is 0 Å². The molecule has 0 radical (unpaired) electrons. The molecule has 0 aromatic carbocycles. The van der Waals surface area contributed by atoms with E-state index in [4.69, 9.17) is 0 Å². The first-order valence-electron chi connectivity index (χ1n) is 7.13. The van der Waals surface area contributed by atoms with Gasteiger partial charge in [0, 0.05) is 38.0 Å². The van der Waals surface area contributed by atoms with Crippen LogP contribution in [0.2, 0.25) is 0 Å². The van der Waals surface area contributed by atoms with E-state index in [0.29, 0.717) is 11.9 Å². The van der Waals surface area contributed by atoms with Crippen LogP contribution in [0.1, 0.15) is 25.1 Å². The van der Waals surface area contributed by atoms with Crippen molar-refractivity contribution in [2.75, 3.05) is 23.3 Å². The molecular weight excluding hydrogens is 266 g/mol. The van der Waals surface area contributed by atoms with Crippen LogP contribution in [-0.4, -0.2) is 33.8 Å². The zero-order valence-electron chi connectivity index (χ0n) is 12.3. The van der Waals surface area contributed by atoms with Crippen molar-refractivity contribution in [2.24, 2.45) is 0 Å². The molecule has 110 valence electrons. The van der Waals surface area contributed by atoms with Crippen LogP contribution in [0.15, 0.2) is 30.5 Å². The van der Waals surface area contributed by atoms with Gasteiger partial charge in [0.2, 0.25) is 5.91 Å². The molecule has 0 spiro atoms. The van der Waals surface area contributed by atoms with Gasteiger partial charge in [0.25, 0.3) is 0 Å². The summed E-state index contributed by atoms with van der Waals surface area (Å²) >= 11 is 0. The molecular formula is C15H19N5O. The highest BCUT2D eigenvalue weighted by Gasteiger charge is 2.25. The molecule has 1 aliphatic heterocycles. The molecule has 21 heavy (non-hydrogen) atoms. The number of aryl methyl sites for hydroxylation is 1. The third-order valence-electron chi connectivity index (χ3n) is 3.65. The summed E-state index contributed by atoms with van der Waals surface area (Å²) < 4.78 is 1.93. The van der Waals surface area contributed by atoms with E-state index in [9.17, 15) is 4.79 Å². The lowest BCUT2D eigenvalue weighted by Gasteiger charge is -2.17. The van der Waals surface area contributed by atoms with Gasteiger partial charge in [-0.2, -0.15) is 5.10 Å². The Morgan fingerprint density at radius 2 is 2.24 bits per heavy atom. The molecule has 6 heteroatoms. The van der Waals surface area contributed by atoms with Crippen molar-refractivity contribution >= 4 is 17.5 Å². The first kappa shape index (κ1) is 13.6. The average Bonchev–Trinajstić information content (AvgIpc) is 3.06. The summed E-state index contributed by atoms with van der Waals surface area (Å²) in [5.74, 6) is 1.53. The predicted octanol–water partition coefficient (Wildman–Crippen LogP) is 2.00. The van der Waals surface area contributed by atoms with Gasteiger partial charge >= 0.3 is 0 Å². The van der Waals surface area contributed by atoms with Gasteiger partial charge in [0.15, 0.2) is 5.82 Å². The number of carbonyl (C=O) groups excluding carboxylic acids is 1. The zero-order chi connectivity index (χ0) is 14.8. The minimum Gasteiger partial charge on any atom is -0.354 e. The number of aromatic nitrogens is 3. The Morgan fingerprint density at radius 3 is 3.00 bits per heavy atom. The number of amides is 1. The molecule has 6 nitrogen and oxygen atoms in total. The molecule has 0 bridgehead atoms. The first-order valence-corrected chi connectivity index (χ1v) is 7.13. The molecule has 1 amide bonds. The van der Waals surface area contributed by atoms with Crippen molar-refractivity contribution in [3.8, 4) is 0 Å². The fraction of sp³-hybridized carbons (Fsp3) is 0.400. The molecule has 3 heterocycles. The van der Waals surface area contributed by atoms with Gasteiger partial charge in [-0.25, -0.2) is 4.98 Å². The van der Waals surface area contributed by atoms with Crippen LogP contribution in [0.3, 0.4) is 0 Å². The Bertz CT molecular complexity index is 651. The maximum Gasteiger partial charge on any atom is 0.222 e. The Balaban J connectivity index is 1.69. The lowest BCUT2D eigenvalue weighted by atomic mass is 10.3. The second kappa shape index (κ2) is 5.55. The Kier molecular flexibility index (Phi) is 3.60. The van der Waals surface area contributed by atoms with E-state index in [1.54, 1.807) is 0 Å². The van der Waals surface area contributed by atoms with Crippen LogP contribution in [0.25, 0.3) is 0 Å². The largest absolute Gasteiger partial charge is 0.354 e. The van der Waals surface area contributed by atoms with E-state index in [1.807, 2.05) is 42.1 Å². The van der Waals surface area contributed by atoms with Gasteiger partial charge in [-0.3, -0.25) is 9.48 Å². The molecule has 1 saturated heterocycles. The Labute approximate surface area is 123 Å². The fourth-order valence-corrected chi connectivity index (χ4v) is 2.66. The summed E-state index contributed by atoms with van der Waals surface area (Å²) in [5.41, 5.74) is 1.03. The van der Waals surface area contributed by atoms with Crippen molar-refractivity contribution in [1.82, 2.24) is 14.8 Å². The molecule has 0 aliphatic carbocycles. The smallest absolute Gasteiger partial charge is 0.222 e. The zero-order valence-corrected chi connectivity index (χ0v) is 12.3. The standard InChI is InChI=1S/C15H19N5O/c1-11-4-3-5-15(16-11)19-8-6-13(10-19)20-9-7-14(18-20)17-12(2)21/h3-5,7,9,13H,6,8,10H2,1-2H3,(H,17,18,21)/t13-/m0/s1. The van der Waals surface area contributed by atoms with Crippen LogP contribution in [0.5, 0.6) is 0 Å². The van der Waals surface area contributed by atoms with Crippen molar-refractivity contribution < 1.29 is 4.79 Å². The summed E-state index contributed by atoms with van der Waals surface area (Å²) in [6.45, 7) is 5.35. The number of carbonyl (C=O) groups is 1. The highest BCUT2D eigenvalue weighted by molar-refractivity contribution is 5.87. The lowest BCUT2D eigenvalue weighted by Crippen LogP contribution is -2.22. The van der Waals surface area contributed by atoms with E-state index in [0.717, 1.165) is 31.0 Å². The third-order valence-corrected chi connectivity index (χ3v) is 3.65. The van der Waals surface area contributed by atoms with E-state index in [2.05, 4.69) is 20.3 Å². The van der Waals surface area contributed by atoms with Crippen molar-refractivity contribution in [3.05, 3.63) is 36.2 Å². The van der Waals surface area contributed by atoms with Gasteiger partial charge in [0.05, 0.1) is 6.04 Å². The van der Waals surface area contributed by atoms with Gasteiger partial charge in [-0.05, 0) is 25.5 Å². The van der Waals surface area contributed by atoms with E-state index >= 15 is 0 Å². The van der Waals surface area contributed by atoms with E-state index in [-0.39, 0.29) is 5.91 Å². The minimum atomic E-state index is -0.0998. The maximum atomic E-state index is 11.0. The number of pyridine rings is 1. The maximum absolute atomic E-state index is 11.0. The van der Waals surface area contributed by atoms with Crippen LogP contribution < -0.4 is 10.2 Å². The van der Waals surface area contributed by atoms with E-state index < -0.39 is 0 Å². The van der Waals surface area contributed by atoms with Crippen LogP contribution in [0, 0.1) is 6.92 Å². The number of hydrogen-bond acceptors (Lipinski definition) is 4. The lowest BCUT2D eigenvalue weighted by molar-refractivity contribution is -0.114. The van der Waals surface area contributed by atoms with E-state index in [1.165, 1.54) is 6.92 Å². The number of anilines is 2. The molecule has 1 N–H and O–H groups in total. The number of nitrogens with one attached hydrogen (secondary N) is 1.